The molecule has 1 aromatic carbocycles. The van der Waals surface area contributed by atoms with Crippen LogP contribution in [0.3, 0.4) is 0 Å². The number of fused-ring (bicyclic) bond motifs is 3. The maximum absolute atomic E-state index is 9.74. The van der Waals surface area contributed by atoms with Crippen molar-refractivity contribution < 1.29 is 0 Å². The van der Waals surface area contributed by atoms with Gasteiger partial charge in [-0.2, -0.15) is 5.26 Å². The second kappa shape index (κ2) is 7.94. The summed E-state index contributed by atoms with van der Waals surface area (Å²) >= 11 is 6.08. The topological polar surface area (TPSA) is 56.4 Å². The lowest BCUT2D eigenvalue weighted by Gasteiger charge is -2.19. The van der Waals surface area contributed by atoms with Gasteiger partial charge in [0.1, 0.15) is 11.9 Å². The van der Waals surface area contributed by atoms with E-state index in [0.29, 0.717) is 23.5 Å². The molecule has 0 saturated heterocycles. The number of halogens is 1. The van der Waals surface area contributed by atoms with Crippen LogP contribution in [0.5, 0.6) is 0 Å². The van der Waals surface area contributed by atoms with Crippen molar-refractivity contribution in [3.8, 4) is 6.07 Å². The summed E-state index contributed by atoms with van der Waals surface area (Å²) in [6.07, 6.45) is 1.74. The Hall–Kier alpha value is -2.29. The van der Waals surface area contributed by atoms with E-state index in [1.54, 1.807) is 0 Å². The Morgan fingerprint density at radius 3 is 2.77 bits per heavy atom. The minimum Gasteiger partial charge on any atom is -0.371 e. The van der Waals surface area contributed by atoms with Crippen LogP contribution < -0.4 is 5.32 Å². The second-order valence-corrected chi connectivity index (χ2v) is 7.10. The summed E-state index contributed by atoms with van der Waals surface area (Å²) in [6, 6.07) is 10.3. The molecule has 26 heavy (non-hydrogen) atoms. The van der Waals surface area contributed by atoms with Crippen LogP contribution >= 0.6 is 11.6 Å². The highest BCUT2D eigenvalue weighted by Gasteiger charge is 2.20. The fourth-order valence-corrected chi connectivity index (χ4v) is 3.56. The van der Waals surface area contributed by atoms with Gasteiger partial charge in [-0.1, -0.05) is 12.1 Å². The third-order valence-electron chi connectivity index (χ3n) is 4.65. The lowest BCUT2D eigenvalue weighted by molar-refractivity contribution is 0.405. The molecular weight excluding hydrogens is 346 g/mol. The summed E-state index contributed by atoms with van der Waals surface area (Å²) in [5, 5.41) is 13.3. The van der Waals surface area contributed by atoms with Gasteiger partial charge in [-0.25, -0.2) is 4.98 Å². The lowest BCUT2D eigenvalue weighted by Crippen LogP contribution is -2.18. The summed E-state index contributed by atoms with van der Waals surface area (Å²) in [5.74, 6) is 1.51. The predicted molar refractivity (Wildman–Crippen MR) is 108 cm³/mol. The zero-order valence-corrected chi connectivity index (χ0v) is 16.3. The van der Waals surface area contributed by atoms with Gasteiger partial charge in [-0.05, 0) is 63.7 Å². The molecule has 136 valence electrons. The Balaban J connectivity index is 2.21. The predicted octanol–water partition coefficient (Wildman–Crippen LogP) is 3.81. The zero-order valence-electron chi connectivity index (χ0n) is 15.5. The van der Waals surface area contributed by atoms with Gasteiger partial charge in [0.15, 0.2) is 5.65 Å². The van der Waals surface area contributed by atoms with Gasteiger partial charge in [-0.3, -0.25) is 4.40 Å². The first-order chi connectivity index (χ1) is 12.6. The van der Waals surface area contributed by atoms with E-state index < -0.39 is 0 Å². The molecule has 2 aromatic heterocycles. The SMILES string of the molecule is Cc1c(CCCl)c(NCCCN(C)C)n2c(nc3ccccc32)c1C#N. The van der Waals surface area contributed by atoms with E-state index in [2.05, 4.69) is 34.8 Å². The van der Waals surface area contributed by atoms with Crippen LogP contribution in [-0.4, -0.2) is 47.3 Å². The van der Waals surface area contributed by atoms with Gasteiger partial charge in [0, 0.05) is 12.4 Å². The molecule has 2 heterocycles. The molecule has 0 aliphatic rings. The Morgan fingerprint density at radius 1 is 1.31 bits per heavy atom. The average Bonchev–Trinajstić information content (AvgIpc) is 3.00. The number of para-hydroxylation sites is 2. The van der Waals surface area contributed by atoms with Crippen molar-refractivity contribution in [2.24, 2.45) is 0 Å². The minimum absolute atomic E-state index is 0.510. The molecule has 0 aliphatic heterocycles. The molecule has 0 bridgehead atoms. The standard InChI is InChI=1S/C20H24ClN5/c1-14-15(9-10-21)19(23-11-6-12-25(2)3)26-18-8-5-4-7-17(18)24-20(26)16(14)13-22/h4-5,7-8,23H,6,9-12H2,1-3H3. The number of pyridine rings is 1. The largest absolute Gasteiger partial charge is 0.371 e. The van der Waals surface area contributed by atoms with Crippen molar-refractivity contribution in [1.82, 2.24) is 14.3 Å². The Bertz CT molecular complexity index is 968. The molecule has 3 aromatic rings. The number of anilines is 1. The Labute approximate surface area is 159 Å². The number of nitriles is 1. The molecule has 3 rings (SSSR count). The second-order valence-electron chi connectivity index (χ2n) is 6.72. The molecule has 0 spiro atoms. The molecule has 0 saturated carbocycles. The van der Waals surface area contributed by atoms with E-state index in [4.69, 9.17) is 16.6 Å². The first-order valence-corrected chi connectivity index (χ1v) is 9.39. The highest BCUT2D eigenvalue weighted by atomic mass is 35.5. The molecular formula is C20H24ClN5. The normalized spacial score (nSPS) is 11.4. The van der Waals surface area contributed by atoms with Crippen LogP contribution in [0.4, 0.5) is 5.82 Å². The quantitative estimate of drug-likeness (QED) is 0.508. The van der Waals surface area contributed by atoms with Crippen molar-refractivity contribution in [3.05, 3.63) is 41.0 Å². The van der Waals surface area contributed by atoms with E-state index in [-0.39, 0.29) is 0 Å². The number of imidazole rings is 1. The molecule has 1 N–H and O–H groups in total. The van der Waals surface area contributed by atoms with Crippen molar-refractivity contribution >= 4 is 34.1 Å². The molecule has 5 nitrogen and oxygen atoms in total. The number of nitrogens with zero attached hydrogens (tertiary/aromatic N) is 4. The monoisotopic (exact) mass is 369 g/mol. The van der Waals surface area contributed by atoms with E-state index in [1.165, 1.54) is 0 Å². The highest BCUT2D eigenvalue weighted by Crippen LogP contribution is 2.31. The van der Waals surface area contributed by atoms with Crippen LogP contribution in [0.15, 0.2) is 24.3 Å². The molecule has 0 amide bonds. The summed E-state index contributed by atoms with van der Waals surface area (Å²) in [7, 11) is 4.15. The van der Waals surface area contributed by atoms with Crippen LogP contribution in [0.2, 0.25) is 0 Å². The number of nitrogens with one attached hydrogen (secondary N) is 1. The molecule has 0 fully saturated rings. The third kappa shape index (κ3) is 3.35. The van der Waals surface area contributed by atoms with Gasteiger partial charge in [0.2, 0.25) is 0 Å². The van der Waals surface area contributed by atoms with Crippen LogP contribution in [0.25, 0.3) is 16.7 Å². The first-order valence-electron chi connectivity index (χ1n) is 8.85. The van der Waals surface area contributed by atoms with E-state index >= 15 is 0 Å². The molecule has 0 radical (unpaired) electrons. The third-order valence-corrected chi connectivity index (χ3v) is 4.84. The van der Waals surface area contributed by atoms with Crippen molar-refractivity contribution in [3.63, 3.8) is 0 Å². The van der Waals surface area contributed by atoms with Crippen LogP contribution in [-0.2, 0) is 6.42 Å². The zero-order chi connectivity index (χ0) is 18.7. The van der Waals surface area contributed by atoms with Gasteiger partial charge >= 0.3 is 0 Å². The average molecular weight is 370 g/mol. The van der Waals surface area contributed by atoms with Gasteiger partial charge in [-0.15, -0.1) is 11.6 Å². The summed E-state index contributed by atoms with van der Waals surface area (Å²) in [4.78, 5) is 6.90. The fourth-order valence-electron chi connectivity index (χ4n) is 3.37. The van der Waals surface area contributed by atoms with E-state index in [1.807, 2.05) is 31.2 Å². The maximum Gasteiger partial charge on any atom is 0.157 e. The Morgan fingerprint density at radius 2 is 2.08 bits per heavy atom. The van der Waals surface area contributed by atoms with E-state index in [9.17, 15) is 5.26 Å². The molecule has 0 unspecified atom stereocenters. The molecule has 6 heteroatoms. The maximum atomic E-state index is 9.74. The fraction of sp³-hybridized carbons (Fsp3) is 0.400. The number of hydrogen-bond acceptors (Lipinski definition) is 4. The summed E-state index contributed by atoms with van der Waals surface area (Å²) in [5.41, 5.74) is 5.29. The van der Waals surface area contributed by atoms with Crippen molar-refractivity contribution in [1.29, 1.82) is 5.26 Å². The van der Waals surface area contributed by atoms with Gasteiger partial charge in [0.05, 0.1) is 16.6 Å². The van der Waals surface area contributed by atoms with Gasteiger partial charge in [0.25, 0.3) is 0 Å². The van der Waals surface area contributed by atoms with Crippen molar-refractivity contribution in [2.75, 3.05) is 38.4 Å². The molecule has 0 aliphatic carbocycles. The number of alkyl halides is 1. The highest BCUT2D eigenvalue weighted by molar-refractivity contribution is 6.18. The van der Waals surface area contributed by atoms with Gasteiger partial charge < -0.3 is 10.2 Å². The minimum atomic E-state index is 0.510. The Kier molecular flexibility index (Phi) is 5.65. The van der Waals surface area contributed by atoms with Crippen LogP contribution in [0, 0.1) is 18.3 Å². The van der Waals surface area contributed by atoms with E-state index in [0.717, 1.165) is 47.5 Å². The number of hydrogen-bond donors (Lipinski definition) is 1. The van der Waals surface area contributed by atoms with Crippen LogP contribution in [0.1, 0.15) is 23.1 Å². The number of benzene rings is 1. The summed E-state index contributed by atoms with van der Waals surface area (Å²) < 4.78 is 2.08. The number of rotatable bonds is 7. The summed E-state index contributed by atoms with van der Waals surface area (Å²) in [6.45, 7) is 3.85. The lowest BCUT2D eigenvalue weighted by atomic mass is 10.0. The van der Waals surface area contributed by atoms with Crippen molar-refractivity contribution in [2.45, 2.75) is 19.8 Å². The smallest absolute Gasteiger partial charge is 0.157 e. The number of aromatic nitrogens is 2. The molecule has 0 atom stereocenters. The first kappa shape index (κ1) is 18.5.